The largest absolute Gasteiger partial charge is 0.396 e. The zero-order valence-corrected chi connectivity index (χ0v) is 10.2. The number of aliphatic hydroxyl groups excluding tert-OH is 1. The fourth-order valence-corrected chi connectivity index (χ4v) is 2.18. The van der Waals surface area contributed by atoms with E-state index < -0.39 is 0 Å². The first-order valence-electron chi connectivity index (χ1n) is 6.07. The summed E-state index contributed by atoms with van der Waals surface area (Å²) < 4.78 is 11.2. The topological polar surface area (TPSA) is 38.7 Å². The van der Waals surface area contributed by atoms with E-state index in [-0.39, 0.29) is 17.8 Å². The molecular weight excluding hydrogens is 192 g/mol. The van der Waals surface area contributed by atoms with Crippen LogP contribution in [-0.4, -0.2) is 30.7 Å². The van der Waals surface area contributed by atoms with Gasteiger partial charge in [0, 0.05) is 19.4 Å². The molecule has 1 spiro atoms. The second-order valence-corrected chi connectivity index (χ2v) is 4.58. The van der Waals surface area contributed by atoms with E-state index in [0.29, 0.717) is 0 Å². The number of hydrogen-bond acceptors (Lipinski definition) is 3. The molecule has 1 aliphatic heterocycles. The van der Waals surface area contributed by atoms with Gasteiger partial charge in [-0.3, -0.25) is 0 Å². The van der Waals surface area contributed by atoms with Crippen molar-refractivity contribution >= 4 is 0 Å². The van der Waals surface area contributed by atoms with E-state index in [0.717, 1.165) is 38.9 Å². The maximum Gasteiger partial charge on any atom is 0.168 e. The predicted octanol–water partition coefficient (Wildman–Crippen LogP) is 2.33. The summed E-state index contributed by atoms with van der Waals surface area (Å²) in [7, 11) is 0. The first-order chi connectivity index (χ1) is 7.18. The van der Waals surface area contributed by atoms with Crippen LogP contribution in [-0.2, 0) is 9.47 Å². The Labute approximate surface area is 92.8 Å². The van der Waals surface area contributed by atoms with Crippen LogP contribution in [0.25, 0.3) is 0 Å². The monoisotopic (exact) mass is 216 g/mol. The maximum atomic E-state index is 9.20. The first-order valence-corrected chi connectivity index (χ1v) is 6.07. The normalized spacial score (nSPS) is 27.2. The van der Waals surface area contributed by atoms with E-state index in [2.05, 4.69) is 6.92 Å². The molecule has 90 valence electrons. The molecule has 0 radical (unpaired) electrons. The van der Waals surface area contributed by atoms with Gasteiger partial charge < -0.3 is 14.6 Å². The minimum Gasteiger partial charge on any atom is -0.396 e. The van der Waals surface area contributed by atoms with Gasteiger partial charge in [0.2, 0.25) is 0 Å². The van der Waals surface area contributed by atoms with Crippen molar-refractivity contribution in [2.24, 2.45) is 5.41 Å². The molecule has 3 nitrogen and oxygen atoms in total. The summed E-state index contributed by atoms with van der Waals surface area (Å²) >= 11 is 0. The molecule has 2 rings (SSSR count). The Morgan fingerprint density at radius 1 is 1.00 bits per heavy atom. The highest BCUT2D eigenvalue weighted by Crippen LogP contribution is 2.43. The molecule has 0 aromatic rings. The van der Waals surface area contributed by atoms with Crippen LogP contribution in [0.15, 0.2) is 0 Å². The molecular formula is C12H24O3. The lowest BCUT2D eigenvalue weighted by molar-refractivity contribution is -0.192. The number of ether oxygens (including phenoxy) is 2. The van der Waals surface area contributed by atoms with Gasteiger partial charge in [0.05, 0.1) is 13.2 Å². The molecule has 2 aliphatic rings. The summed E-state index contributed by atoms with van der Waals surface area (Å²) in [6.45, 7) is 7.88. The molecule has 1 N–H and O–H groups in total. The smallest absolute Gasteiger partial charge is 0.168 e. The second-order valence-electron chi connectivity index (χ2n) is 4.58. The van der Waals surface area contributed by atoms with Gasteiger partial charge in [-0.15, -0.1) is 0 Å². The number of rotatable bonds is 1. The molecule has 1 heterocycles. The van der Waals surface area contributed by atoms with Gasteiger partial charge in [0.1, 0.15) is 0 Å². The summed E-state index contributed by atoms with van der Waals surface area (Å²) in [6.07, 6.45) is 3.88. The molecule has 2 fully saturated rings. The summed E-state index contributed by atoms with van der Waals surface area (Å²) in [5, 5.41) is 9.20. The van der Waals surface area contributed by atoms with Crippen LogP contribution in [0.3, 0.4) is 0 Å². The predicted molar refractivity (Wildman–Crippen MR) is 59.6 cm³/mol. The van der Waals surface area contributed by atoms with Crippen molar-refractivity contribution in [3.8, 4) is 0 Å². The molecule has 3 heteroatoms. The van der Waals surface area contributed by atoms with Crippen LogP contribution < -0.4 is 0 Å². The maximum absolute atomic E-state index is 9.20. The molecule has 1 saturated heterocycles. The van der Waals surface area contributed by atoms with Gasteiger partial charge >= 0.3 is 0 Å². The Kier molecular flexibility index (Phi) is 4.56. The minimum absolute atomic E-state index is 0.0978. The van der Waals surface area contributed by atoms with E-state index in [1.54, 1.807) is 0 Å². The van der Waals surface area contributed by atoms with Crippen LogP contribution in [0, 0.1) is 5.41 Å². The van der Waals surface area contributed by atoms with Gasteiger partial charge in [-0.2, -0.15) is 0 Å². The Balaban J connectivity index is 0.000000531. The third kappa shape index (κ3) is 2.92. The Bertz CT molecular complexity index is 175. The molecule has 0 aromatic heterocycles. The fraction of sp³-hybridized carbons (Fsp3) is 1.00. The van der Waals surface area contributed by atoms with Crippen molar-refractivity contribution in [1.29, 1.82) is 0 Å². The standard InChI is InChI=1S/C10H18O3.C2H6/c1-9(8-11)2-4-10(5-3-9)12-6-7-13-10;1-2/h11H,2-8H2,1H3;1-2H3. The molecule has 1 aliphatic carbocycles. The molecule has 0 amide bonds. The third-order valence-electron chi connectivity index (χ3n) is 3.41. The molecule has 0 atom stereocenters. The van der Waals surface area contributed by atoms with Crippen molar-refractivity contribution in [3.63, 3.8) is 0 Å². The number of aliphatic hydroxyl groups is 1. The Morgan fingerprint density at radius 2 is 1.47 bits per heavy atom. The Hall–Kier alpha value is -0.120. The van der Waals surface area contributed by atoms with E-state index in [4.69, 9.17) is 9.47 Å². The van der Waals surface area contributed by atoms with E-state index >= 15 is 0 Å². The highest BCUT2D eigenvalue weighted by atomic mass is 16.7. The van der Waals surface area contributed by atoms with Crippen LogP contribution in [0.1, 0.15) is 46.5 Å². The summed E-state index contributed by atoms with van der Waals surface area (Å²) in [4.78, 5) is 0. The van der Waals surface area contributed by atoms with Gasteiger partial charge in [0.25, 0.3) is 0 Å². The quantitative estimate of drug-likeness (QED) is 0.731. The average Bonchev–Trinajstić information content (AvgIpc) is 2.75. The lowest BCUT2D eigenvalue weighted by atomic mass is 9.74. The van der Waals surface area contributed by atoms with Gasteiger partial charge in [0.15, 0.2) is 5.79 Å². The van der Waals surface area contributed by atoms with Crippen LogP contribution in [0.2, 0.25) is 0 Å². The third-order valence-corrected chi connectivity index (χ3v) is 3.41. The van der Waals surface area contributed by atoms with Crippen LogP contribution in [0.4, 0.5) is 0 Å². The lowest BCUT2D eigenvalue weighted by Crippen LogP contribution is -2.40. The van der Waals surface area contributed by atoms with E-state index in [1.807, 2.05) is 13.8 Å². The highest BCUT2D eigenvalue weighted by molar-refractivity contribution is 4.88. The van der Waals surface area contributed by atoms with Crippen molar-refractivity contribution in [3.05, 3.63) is 0 Å². The van der Waals surface area contributed by atoms with E-state index in [1.165, 1.54) is 0 Å². The number of hydrogen-bond donors (Lipinski definition) is 1. The minimum atomic E-state index is -0.283. The molecule has 0 bridgehead atoms. The molecule has 0 aromatic carbocycles. The molecule has 0 unspecified atom stereocenters. The zero-order chi connectivity index (χ0) is 11.4. The van der Waals surface area contributed by atoms with Crippen molar-refractivity contribution < 1.29 is 14.6 Å². The Morgan fingerprint density at radius 3 is 1.87 bits per heavy atom. The highest BCUT2D eigenvalue weighted by Gasteiger charge is 2.43. The van der Waals surface area contributed by atoms with E-state index in [9.17, 15) is 5.11 Å². The molecule has 1 saturated carbocycles. The van der Waals surface area contributed by atoms with Gasteiger partial charge in [-0.1, -0.05) is 20.8 Å². The van der Waals surface area contributed by atoms with Crippen molar-refractivity contribution in [2.45, 2.75) is 52.2 Å². The summed E-state index contributed by atoms with van der Waals surface area (Å²) in [5.74, 6) is -0.283. The van der Waals surface area contributed by atoms with Crippen LogP contribution >= 0.6 is 0 Å². The zero-order valence-electron chi connectivity index (χ0n) is 10.2. The lowest BCUT2D eigenvalue weighted by Gasteiger charge is -2.40. The van der Waals surface area contributed by atoms with Crippen molar-refractivity contribution in [1.82, 2.24) is 0 Å². The average molecular weight is 216 g/mol. The molecule has 15 heavy (non-hydrogen) atoms. The summed E-state index contributed by atoms with van der Waals surface area (Å²) in [5.41, 5.74) is 0.0978. The van der Waals surface area contributed by atoms with Gasteiger partial charge in [-0.05, 0) is 18.3 Å². The van der Waals surface area contributed by atoms with Crippen molar-refractivity contribution in [2.75, 3.05) is 19.8 Å². The first kappa shape index (κ1) is 12.9. The summed E-state index contributed by atoms with van der Waals surface area (Å²) in [6, 6.07) is 0. The van der Waals surface area contributed by atoms with Crippen LogP contribution in [0.5, 0.6) is 0 Å². The SMILES string of the molecule is CC.CC1(CO)CCC2(CC1)OCCO2. The van der Waals surface area contributed by atoms with Gasteiger partial charge in [-0.25, -0.2) is 0 Å². The second kappa shape index (κ2) is 5.28. The fourth-order valence-electron chi connectivity index (χ4n) is 2.18.